The number of rotatable bonds is 12. The molecule has 3 aromatic rings. The van der Waals surface area contributed by atoms with Crippen molar-refractivity contribution in [1.29, 1.82) is 0 Å². The number of alkyl halides is 3. The summed E-state index contributed by atoms with van der Waals surface area (Å²) in [6, 6.07) is 18.7. The van der Waals surface area contributed by atoms with Crippen LogP contribution in [0.2, 0.25) is 0 Å². The molecular weight excluding hydrogens is 635 g/mol. The van der Waals surface area contributed by atoms with Gasteiger partial charge < -0.3 is 10.2 Å². The Morgan fingerprint density at radius 3 is 2.17 bits per heavy atom. The number of nitrogens with zero attached hydrogens (tertiary/aromatic N) is 2. The minimum Gasteiger partial charge on any atom is -0.352 e. The van der Waals surface area contributed by atoms with Gasteiger partial charge in [0.2, 0.25) is 21.8 Å². The summed E-state index contributed by atoms with van der Waals surface area (Å²) in [4.78, 5) is 29.0. The molecule has 0 radical (unpaired) electrons. The lowest BCUT2D eigenvalue weighted by Gasteiger charge is -2.34. The first-order chi connectivity index (χ1) is 19.7. The molecule has 0 aliphatic carbocycles. The molecule has 7 nitrogen and oxygen atoms in total. The van der Waals surface area contributed by atoms with Crippen molar-refractivity contribution < 1.29 is 31.2 Å². The highest BCUT2D eigenvalue weighted by Gasteiger charge is 2.35. The number of benzene rings is 3. The van der Waals surface area contributed by atoms with E-state index in [2.05, 4.69) is 21.2 Å². The first kappa shape index (κ1) is 33.1. The van der Waals surface area contributed by atoms with E-state index in [0.29, 0.717) is 22.4 Å². The normalized spacial score (nSPS) is 13.2. The number of anilines is 1. The molecule has 226 valence electrons. The smallest absolute Gasteiger partial charge is 0.352 e. The third-order valence-corrected chi connectivity index (χ3v) is 8.35. The summed E-state index contributed by atoms with van der Waals surface area (Å²) in [7, 11) is -4.20. The fourth-order valence-corrected chi connectivity index (χ4v) is 5.34. The van der Waals surface area contributed by atoms with Crippen molar-refractivity contribution in [3.8, 4) is 0 Å². The van der Waals surface area contributed by atoms with Crippen LogP contribution in [0.25, 0.3) is 0 Å². The number of sulfonamides is 1. The Labute approximate surface area is 252 Å². The van der Waals surface area contributed by atoms with Crippen molar-refractivity contribution in [2.75, 3.05) is 17.1 Å². The zero-order valence-electron chi connectivity index (χ0n) is 23.4. The second-order valence-corrected chi connectivity index (χ2v) is 12.8. The van der Waals surface area contributed by atoms with Crippen molar-refractivity contribution in [3.63, 3.8) is 0 Å². The van der Waals surface area contributed by atoms with Crippen LogP contribution in [-0.4, -0.2) is 50.0 Å². The minimum atomic E-state index is -4.72. The summed E-state index contributed by atoms with van der Waals surface area (Å²) in [6.07, 6.45) is -3.13. The summed E-state index contributed by atoms with van der Waals surface area (Å²) < 4.78 is 67.4. The van der Waals surface area contributed by atoms with Gasteiger partial charge in [-0.05, 0) is 54.8 Å². The number of hydrogen-bond acceptors (Lipinski definition) is 4. The summed E-state index contributed by atoms with van der Waals surface area (Å²) >= 11 is 3.37. The van der Waals surface area contributed by atoms with E-state index in [0.717, 1.165) is 28.4 Å². The van der Waals surface area contributed by atoms with Gasteiger partial charge in [0.1, 0.15) is 12.6 Å². The fraction of sp³-hybridized carbons (Fsp3) is 0.333. The standard InChI is InChI=1S/C30H33BrF3N3O4S/c1-4-21(2)35-29(39)27(17-22-9-6-5-7-10-22)36(19-23-13-15-25(31)16-14-23)28(38)20-37(42(3,40)41)26-12-8-11-24(18-26)30(32,33)34/h5-16,18,21,27H,4,17,19-20H2,1-3H3,(H,35,39). The highest BCUT2D eigenvalue weighted by molar-refractivity contribution is 9.10. The molecule has 2 unspecified atom stereocenters. The van der Waals surface area contributed by atoms with Gasteiger partial charge in [-0.25, -0.2) is 8.42 Å². The summed E-state index contributed by atoms with van der Waals surface area (Å²) in [5, 5.41) is 2.92. The topological polar surface area (TPSA) is 86.8 Å². The van der Waals surface area contributed by atoms with E-state index in [1.165, 1.54) is 11.0 Å². The molecule has 3 aromatic carbocycles. The van der Waals surface area contributed by atoms with Crippen LogP contribution in [0, 0.1) is 0 Å². The van der Waals surface area contributed by atoms with Gasteiger partial charge in [0.25, 0.3) is 0 Å². The number of nitrogens with one attached hydrogen (secondary N) is 1. The third-order valence-electron chi connectivity index (χ3n) is 6.68. The van der Waals surface area contributed by atoms with E-state index in [1.807, 2.05) is 32.0 Å². The Morgan fingerprint density at radius 1 is 0.952 bits per heavy atom. The van der Waals surface area contributed by atoms with Crippen LogP contribution in [0.4, 0.5) is 18.9 Å². The van der Waals surface area contributed by atoms with Gasteiger partial charge in [0, 0.05) is 23.5 Å². The van der Waals surface area contributed by atoms with Crippen LogP contribution >= 0.6 is 15.9 Å². The molecular formula is C30H33BrF3N3O4S. The lowest BCUT2D eigenvalue weighted by molar-refractivity contribution is -0.140. The quantitative estimate of drug-likeness (QED) is 0.265. The molecule has 0 aliphatic heterocycles. The minimum absolute atomic E-state index is 0.0439. The van der Waals surface area contributed by atoms with Gasteiger partial charge in [0.15, 0.2) is 0 Å². The molecule has 0 aromatic heterocycles. The lowest BCUT2D eigenvalue weighted by Crippen LogP contribution is -2.54. The molecule has 0 bridgehead atoms. The predicted molar refractivity (Wildman–Crippen MR) is 160 cm³/mol. The van der Waals surface area contributed by atoms with Crippen LogP contribution in [0.5, 0.6) is 0 Å². The molecule has 0 heterocycles. The average Bonchev–Trinajstić information content (AvgIpc) is 2.93. The van der Waals surface area contributed by atoms with E-state index < -0.39 is 46.2 Å². The number of carbonyl (C=O) groups excluding carboxylic acids is 2. The van der Waals surface area contributed by atoms with Gasteiger partial charge >= 0.3 is 6.18 Å². The molecule has 3 rings (SSSR count). The number of halogens is 4. The number of hydrogen-bond donors (Lipinski definition) is 1. The summed E-state index contributed by atoms with van der Waals surface area (Å²) in [5.41, 5.74) is 0.0785. The Hall–Kier alpha value is -3.38. The molecule has 1 N–H and O–H groups in total. The van der Waals surface area contributed by atoms with Crippen LogP contribution < -0.4 is 9.62 Å². The second kappa shape index (κ2) is 14.2. The molecule has 2 amide bonds. The molecule has 42 heavy (non-hydrogen) atoms. The number of amides is 2. The Kier molecular flexibility index (Phi) is 11.2. The van der Waals surface area contributed by atoms with Crippen LogP contribution in [-0.2, 0) is 38.8 Å². The van der Waals surface area contributed by atoms with Crippen molar-refractivity contribution >= 4 is 43.5 Å². The molecule has 0 saturated heterocycles. The fourth-order valence-electron chi connectivity index (χ4n) is 4.23. The predicted octanol–water partition coefficient (Wildman–Crippen LogP) is 5.79. The largest absolute Gasteiger partial charge is 0.416 e. The zero-order chi connectivity index (χ0) is 31.1. The highest BCUT2D eigenvalue weighted by Crippen LogP contribution is 2.32. The molecule has 0 fully saturated rings. The van der Waals surface area contributed by atoms with Crippen molar-refractivity contribution in [2.24, 2.45) is 0 Å². The van der Waals surface area contributed by atoms with Crippen molar-refractivity contribution in [3.05, 3.63) is 100 Å². The van der Waals surface area contributed by atoms with E-state index in [4.69, 9.17) is 0 Å². The first-order valence-corrected chi connectivity index (χ1v) is 15.9. The van der Waals surface area contributed by atoms with E-state index >= 15 is 0 Å². The third kappa shape index (κ3) is 9.32. The van der Waals surface area contributed by atoms with E-state index in [1.54, 1.807) is 36.4 Å². The zero-order valence-corrected chi connectivity index (χ0v) is 25.8. The van der Waals surface area contributed by atoms with Gasteiger partial charge in [0.05, 0.1) is 17.5 Å². The lowest BCUT2D eigenvalue weighted by atomic mass is 10.0. The van der Waals surface area contributed by atoms with E-state index in [9.17, 15) is 31.2 Å². The molecule has 12 heteroatoms. The molecule has 2 atom stereocenters. The molecule has 0 aliphatic rings. The van der Waals surface area contributed by atoms with Gasteiger partial charge in [-0.2, -0.15) is 13.2 Å². The van der Waals surface area contributed by atoms with Crippen molar-refractivity contribution in [1.82, 2.24) is 10.2 Å². The average molecular weight is 669 g/mol. The van der Waals surface area contributed by atoms with Gasteiger partial charge in [-0.1, -0.05) is 71.4 Å². The highest BCUT2D eigenvalue weighted by atomic mass is 79.9. The van der Waals surface area contributed by atoms with Gasteiger partial charge in [-0.15, -0.1) is 0 Å². The van der Waals surface area contributed by atoms with Crippen molar-refractivity contribution in [2.45, 2.75) is 51.5 Å². The Bertz CT molecular complexity index is 1470. The van der Waals surface area contributed by atoms with Crippen LogP contribution in [0.15, 0.2) is 83.3 Å². The van der Waals surface area contributed by atoms with Crippen LogP contribution in [0.1, 0.15) is 37.0 Å². The van der Waals surface area contributed by atoms with Crippen LogP contribution in [0.3, 0.4) is 0 Å². The first-order valence-electron chi connectivity index (χ1n) is 13.2. The SMILES string of the molecule is CCC(C)NC(=O)C(Cc1ccccc1)N(Cc1ccc(Br)cc1)C(=O)CN(c1cccc(C(F)(F)F)c1)S(C)(=O)=O. The maximum absolute atomic E-state index is 14.0. The van der Waals surface area contributed by atoms with E-state index in [-0.39, 0.29) is 24.7 Å². The monoisotopic (exact) mass is 667 g/mol. The summed E-state index contributed by atoms with van der Waals surface area (Å²) in [5.74, 6) is -1.18. The second-order valence-electron chi connectivity index (χ2n) is 9.99. The maximum atomic E-state index is 14.0. The maximum Gasteiger partial charge on any atom is 0.416 e. The molecule has 0 spiro atoms. The Balaban J connectivity index is 2.08. The van der Waals surface area contributed by atoms with Gasteiger partial charge in [-0.3, -0.25) is 13.9 Å². The Morgan fingerprint density at radius 2 is 1.60 bits per heavy atom. The molecule has 0 saturated carbocycles. The summed E-state index contributed by atoms with van der Waals surface area (Å²) in [6.45, 7) is 2.88. The number of carbonyl (C=O) groups is 2.